The monoisotopic (exact) mass is 388 g/mol. The molecule has 2 rings (SSSR count). The molecule has 0 aliphatic rings. The molecule has 2 aromatic carbocycles. The molecule has 0 heterocycles. The van der Waals surface area contributed by atoms with Gasteiger partial charge in [-0.05, 0) is 29.7 Å². The van der Waals surface area contributed by atoms with Gasteiger partial charge in [0, 0.05) is 10.0 Å². The highest BCUT2D eigenvalue weighted by molar-refractivity contribution is 9.10. The summed E-state index contributed by atoms with van der Waals surface area (Å²) in [6.07, 6.45) is 0.939. The third-order valence-electron chi connectivity index (χ3n) is 2.98. The average Bonchev–Trinajstić information content (AvgIpc) is 2.37. The first kappa shape index (κ1) is 14.7. The lowest BCUT2D eigenvalue weighted by Crippen LogP contribution is -2.01. The summed E-state index contributed by atoms with van der Waals surface area (Å²) in [4.78, 5) is -0.494. The predicted octanol–water partition coefficient (Wildman–Crippen LogP) is 5.77. The Morgan fingerprint density at radius 1 is 1.05 bits per heavy atom. The maximum atomic E-state index is 13.9. The van der Waals surface area contributed by atoms with Crippen molar-refractivity contribution in [1.29, 1.82) is 0 Å². The molecule has 0 aliphatic carbocycles. The predicted molar refractivity (Wildman–Crippen MR) is 80.6 cm³/mol. The second kappa shape index (κ2) is 6.14. The number of alkyl halides is 1. The molecule has 0 spiro atoms. The Bertz CT molecular complexity index is 556. The Balaban J connectivity index is 2.40. The summed E-state index contributed by atoms with van der Waals surface area (Å²) in [5, 5.41) is 0. The summed E-state index contributed by atoms with van der Waals surface area (Å²) in [5.41, 5.74) is 2.06. The highest BCUT2D eigenvalue weighted by atomic mass is 79.9. The standard InChI is InChI=1S/C15H12Br2F2/c1-2-9-3-5-10(6-4-9)15(17)14-12(18)7-11(16)8-13(14)19/h3-8,15H,2H2,1H3. The van der Waals surface area contributed by atoms with Crippen molar-refractivity contribution in [2.24, 2.45) is 0 Å². The maximum Gasteiger partial charge on any atom is 0.131 e. The van der Waals surface area contributed by atoms with E-state index in [1.807, 2.05) is 24.3 Å². The van der Waals surface area contributed by atoms with Crippen molar-refractivity contribution in [3.63, 3.8) is 0 Å². The highest BCUT2D eigenvalue weighted by Gasteiger charge is 2.20. The van der Waals surface area contributed by atoms with E-state index in [2.05, 4.69) is 38.8 Å². The molecule has 0 bridgehead atoms. The van der Waals surface area contributed by atoms with Gasteiger partial charge < -0.3 is 0 Å². The van der Waals surface area contributed by atoms with Crippen LogP contribution in [0.1, 0.15) is 28.4 Å². The van der Waals surface area contributed by atoms with Crippen LogP contribution >= 0.6 is 31.9 Å². The number of benzene rings is 2. The Labute approximate surface area is 128 Å². The molecule has 0 amide bonds. The molecular weight excluding hydrogens is 378 g/mol. The van der Waals surface area contributed by atoms with Crippen molar-refractivity contribution in [3.8, 4) is 0 Å². The zero-order chi connectivity index (χ0) is 14.0. The highest BCUT2D eigenvalue weighted by Crippen LogP contribution is 2.35. The van der Waals surface area contributed by atoms with E-state index in [0.29, 0.717) is 4.47 Å². The summed E-state index contributed by atoms with van der Waals surface area (Å²) < 4.78 is 28.2. The number of hydrogen-bond acceptors (Lipinski definition) is 0. The fraction of sp³-hybridized carbons (Fsp3) is 0.200. The lowest BCUT2D eigenvalue weighted by atomic mass is 10.0. The van der Waals surface area contributed by atoms with Gasteiger partial charge in [0.2, 0.25) is 0 Å². The van der Waals surface area contributed by atoms with Gasteiger partial charge in [0.1, 0.15) is 11.6 Å². The van der Waals surface area contributed by atoms with Crippen molar-refractivity contribution in [2.45, 2.75) is 18.2 Å². The Hall–Kier alpha value is -0.740. The molecule has 0 saturated heterocycles. The second-order valence-corrected chi connectivity index (χ2v) is 6.07. The third-order valence-corrected chi connectivity index (χ3v) is 4.42. The first-order valence-corrected chi connectivity index (χ1v) is 7.61. The van der Waals surface area contributed by atoms with Gasteiger partial charge in [-0.1, -0.05) is 63.0 Å². The van der Waals surface area contributed by atoms with Crippen LogP contribution < -0.4 is 0 Å². The lowest BCUT2D eigenvalue weighted by Gasteiger charge is -2.13. The van der Waals surface area contributed by atoms with Crippen LogP contribution in [0, 0.1) is 11.6 Å². The van der Waals surface area contributed by atoms with E-state index >= 15 is 0 Å². The first-order chi connectivity index (χ1) is 9.02. The van der Waals surface area contributed by atoms with E-state index in [0.717, 1.165) is 12.0 Å². The van der Waals surface area contributed by atoms with E-state index in [1.54, 1.807) is 0 Å². The van der Waals surface area contributed by atoms with Gasteiger partial charge in [-0.3, -0.25) is 0 Å². The molecule has 0 radical (unpaired) electrons. The smallest absolute Gasteiger partial charge is 0.131 e. The van der Waals surface area contributed by atoms with E-state index in [-0.39, 0.29) is 5.56 Å². The van der Waals surface area contributed by atoms with Gasteiger partial charge in [-0.25, -0.2) is 8.78 Å². The molecule has 4 heteroatoms. The summed E-state index contributed by atoms with van der Waals surface area (Å²) in [6.45, 7) is 2.06. The minimum absolute atomic E-state index is 0.0347. The third kappa shape index (κ3) is 3.23. The Morgan fingerprint density at radius 3 is 2.05 bits per heavy atom. The van der Waals surface area contributed by atoms with Gasteiger partial charge in [0.25, 0.3) is 0 Å². The van der Waals surface area contributed by atoms with Crippen LogP contribution in [0.2, 0.25) is 0 Å². The van der Waals surface area contributed by atoms with Crippen LogP contribution in [0.4, 0.5) is 8.78 Å². The van der Waals surface area contributed by atoms with Crippen LogP contribution in [-0.2, 0) is 6.42 Å². The van der Waals surface area contributed by atoms with Crippen LogP contribution in [0.15, 0.2) is 40.9 Å². The van der Waals surface area contributed by atoms with Crippen LogP contribution in [0.3, 0.4) is 0 Å². The van der Waals surface area contributed by atoms with Gasteiger partial charge >= 0.3 is 0 Å². The Kier molecular flexibility index (Phi) is 4.74. The van der Waals surface area contributed by atoms with Crippen LogP contribution in [0.25, 0.3) is 0 Å². The number of aryl methyl sites for hydroxylation is 1. The zero-order valence-corrected chi connectivity index (χ0v) is 13.4. The van der Waals surface area contributed by atoms with Crippen molar-refractivity contribution in [1.82, 2.24) is 0 Å². The van der Waals surface area contributed by atoms with Crippen molar-refractivity contribution < 1.29 is 8.78 Å². The molecular formula is C15H12Br2F2. The zero-order valence-electron chi connectivity index (χ0n) is 10.3. The summed E-state index contributed by atoms with van der Waals surface area (Å²) >= 11 is 6.45. The van der Waals surface area contributed by atoms with E-state index in [1.165, 1.54) is 17.7 Å². The molecule has 1 unspecified atom stereocenters. The molecule has 100 valence electrons. The molecule has 0 N–H and O–H groups in total. The van der Waals surface area contributed by atoms with E-state index < -0.39 is 16.5 Å². The molecule has 0 aliphatic heterocycles. The van der Waals surface area contributed by atoms with Crippen LogP contribution in [0.5, 0.6) is 0 Å². The second-order valence-electron chi connectivity index (χ2n) is 4.24. The van der Waals surface area contributed by atoms with E-state index in [4.69, 9.17) is 0 Å². The minimum atomic E-state index is -0.562. The largest absolute Gasteiger partial charge is 0.206 e. The first-order valence-electron chi connectivity index (χ1n) is 5.90. The molecule has 0 aromatic heterocycles. The van der Waals surface area contributed by atoms with Crippen molar-refractivity contribution >= 4 is 31.9 Å². The minimum Gasteiger partial charge on any atom is -0.206 e. The molecule has 0 nitrogen and oxygen atoms in total. The normalized spacial score (nSPS) is 12.5. The summed E-state index contributed by atoms with van der Waals surface area (Å²) in [6, 6.07) is 10.3. The van der Waals surface area contributed by atoms with Crippen LogP contribution in [-0.4, -0.2) is 0 Å². The van der Waals surface area contributed by atoms with Gasteiger partial charge in [0.05, 0.1) is 4.83 Å². The molecule has 0 fully saturated rings. The average molecular weight is 390 g/mol. The topological polar surface area (TPSA) is 0 Å². The van der Waals surface area contributed by atoms with E-state index in [9.17, 15) is 8.78 Å². The van der Waals surface area contributed by atoms with Gasteiger partial charge in [-0.2, -0.15) is 0 Å². The van der Waals surface area contributed by atoms with Gasteiger partial charge in [0.15, 0.2) is 0 Å². The summed E-state index contributed by atoms with van der Waals surface area (Å²) in [5.74, 6) is -1.12. The fourth-order valence-electron chi connectivity index (χ4n) is 1.88. The number of rotatable bonds is 3. The number of halogens is 4. The number of hydrogen-bond donors (Lipinski definition) is 0. The maximum absolute atomic E-state index is 13.9. The fourth-order valence-corrected chi connectivity index (χ4v) is 3.03. The van der Waals surface area contributed by atoms with Gasteiger partial charge in [-0.15, -0.1) is 0 Å². The Morgan fingerprint density at radius 2 is 1.58 bits per heavy atom. The van der Waals surface area contributed by atoms with Crippen molar-refractivity contribution in [3.05, 3.63) is 69.2 Å². The quantitative estimate of drug-likeness (QED) is 0.584. The SMILES string of the molecule is CCc1ccc(C(Br)c2c(F)cc(Br)cc2F)cc1. The van der Waals surface area contributed by atoms with Crippen molar-refractivity contribution in [2.75, 3.05) is 0 Å². The molecule has 0 saturated carbocycles. The molecule has 1 atom stereocenters. The lowest BCUT2D eigenvalue weighted by molar-refractivity contribution is 0.559. The molecule has 19 heavy (non-hydrogen) atoms. The summed E-state index contributed by atoms with van der Waals surface area (Å²) in [7, 11) is 0. The molecule has 2 aromatic rings.